The summed E-state index contributed by atoms with van der Waals surface area (Å²) in [6, 6.07) is 0. The number of hydrogen-bond donors (Lipinski definition) is 0. The van der Waals surface area contributed by atoms with Gasteiger partial charge in [0.15, 0.2) is 0 Å². The van der Waals surface area contributed by atoms with Gasteiger partial charge in [0, 0.05) is 0 Å². The van der Waals surface area contributed by atoms with Crippen LogP contribution in [-0.2, 0) is 19.1 Å². The maximum atomic E-state index is 11.5. The van der Waals surface area contributed by atoms with E-state index in [1.54, 1.807) is 0 Å². The fourth-order valence-corrected chi connectivity index (χ4v) is 2.49. The van der Waals surface area contributed by atoms with Gasteiger partial charge in [0.05, 0.1) is 26.1 Å². The SMILES string of the molecule is CCCCCCCCOC(=O)CCC(=O)OCCCCCCCC.[H-].[K+]. The van der Waals surface area contributed by atoms with Crippen molar-refractivity contribution in [2.24, 2.45) is 0 Å². The average Bonchev–Trinajstić information content (AvgIpc) is 2.58. The van der Waals surface area contributed by atoms with Crippen LogP contribution in [0.1, 0.15) is 105 Å². The number of esters is 2. The Morgan fingerprint density at radius 3 is 1.28 bits per heavy atom. The van der Waals surface area contributed by atoms with Crippen LogP contribution in [0.3, 0.4) is 0 Å². The summed E-state index contributed by atoms with van der Waals surface area (Å²) in [7, 11) is 0. The molecule has 0 radical (unpaired) electrons. The zero-order valence-corrected chi connectivity index (χ0v) is 20.1. The zero-order valence-electron chi connectivity index (χ0n) is 17.9. The summed E-state index contributed by atoms with van der Waals surface area (Å²) >= 11 is 0. The van der Waals surface area contributed by atoms with Crippen LogP contribution in [0.4, 0.5) is 0 Å². The van der Waals surface area contributed by atoms with E-state index in [1.807, 2.05) is 0 Å². The van der Waals surface area contributed by atoms with E-state index in [4.69, 9.17) is 9.47 Å². The summed E-state index contributed by atoms with van der Waals surface area (Å²) in [6.45, 7) is 5.33. The Bertz CT molecular complexity index is 284. The molecule has 0 unspecified atom stereocenters. The summed E-state index contributed by atoms with van der Waals surface area (Å²) in [6.07, 6.45) is 14.3. The second-order valence-corrected chi connectivity index (χ2v) is 6.48. The van der Waals surface area contributed by atoms with Crippen molar-refractivity contribution < 1.29 is 71.9 Å². The number of carbonyl (C=O) groups excluding carboxylic acids is 2. The van der Waals surface area contributed by atoms with Crippen LogP contribution in [0.5, 0.6) is 0 Å². The Kier molecular flexibility index (Phi) is 25.1. The quantitative estimate of drug-likeness (QED) is 0.220. The molecule has 0 fully saturated rings. The first-order valence-corrected chi connectivity index (χ1v) is 10.0. The fraction of sp³-hybridized carbons (Fsp3) is 0.900. The minimum absolute atomic E-state index is 0. The van der Waals surface area contributed by atoms with Gasteiger partial charge in [-0.1, -0.05) is 78.1 Å². The van der Waals surface area contributed by atoms with Crippen molar-refractivity contribution in [1.82, 2.24) is 0 Å². The Morgan fingerprint density at radius 2 is 0.920 bits per heavy atom. The maximum absolute atomic E-state index is 11.5. The molecule has 0 aliphatic heterocycles. The molecule has 0 aromatic rings. The van der Waals surface area contributed by atoms with Crippen molar-refractivity contribution in [2.75, 3.05) is 13.2 Å². The van der Waals surface area contributed by atoms with Crippen LogP contribution < -0.4 is 51.4 Å². The van der Waals surface area contributed by atoms with Crippen molar-refractivity contribution >= 4 is 11.9 Å². The van der Waals surface area contributed by atoms with Gasteiger partial charge < -0.3 is 10.9 Å². The molecule has 144 valence electrons. The molecule has 0 atom stereocenters. The predicted octanol–water partition coefficient (Wildman–Crippen LogP) is 2.69. The van der Waals surface area contributed by atoms with Crippen LogP contribution in [0.2, 0.25) is 0 Å². The molecule has 5 heteroatoms. The Labute approximate surface area is 199 Å². The monoisotopic (exact) mass is 382 g/mol. The number of hydrogen-bond acceptors (Lipinski definition) is 4. The summed E-state index contributed by atoms with van der Waals surface area (Å²) in [5.74, 6) is -0.583. The van der Waals surface area contributed by atoms with E-state index >= 15 is 0 Å². The van der Waals surface area contributed by atoms with Gasteiger partial charge in [0.25, 0.3) is 0 Å². The molecule has 0 rings (SSSR count). The third-order valence-corrected chi connectivity index (χ3v) is 4.06. The Balaban J connectivity index is -0.00000264. The van der Waals surface area contributed by atoms with E-state index in [0.717, 1.165) is 25.7 Å². The third-order valence-electron chi connectivity index (χ3n) is 4.06. The average molecular weight is 383 g/mol. The van der Waals surface area contributed by atoms with E-state index in [2.05, 4.69) is 13.8 Å². The molecule has 0 aliphatic rings. The van der Waals surface area contributed by atoms with Crippen molar-refractivity contribution in [3.8, 4) is 0 Å². The van der Waals surface area contributed by atoms with Crippen molar-refractivity contribution in [3.05, 3.63) is 0 Å². The van der Waals surface area contributed by atoms with Crippen LogP contribution in [-0.4, -0.2) is 25.2 Å². The second kappa shape index (κ2) is 22.6. The summed E-state index contributed by atoms with van der Waals surface area (Å²) in [5, 5.41) is 0. The standard InChI is InChI=1S/C20H38O4.K.H/c1-3-5-7-9-11-13-17-23-19(21)15-16-20(22)24-18-14-12-10-8-6-4-2;;/h3-18H2,1-2H3;;/q;+1;-1. The van der Waals surface area contributed by atoms with Gasteiger partial charge in [-0.2, -0.15) is 0 Å². The minimum atomic E-state index is -0.292. The number of rotatable bonds is 17. The van der Waals surface area contributed by atoms with E-state index in [1.165, 1.54) is 51.4 Å². The molecule has 0 spiro atoms. The zero-order chi connectivity index (χ0) is 17.9. The first-order chi connectivity index (χ1) is 11.7. The normalized spacial score (nSPS) is 10.2. The van der Waals surface area contributed by atoms with Crippen LogP contribution in [0.25, 0.3) is 0 Å². The molecule has 4 nitrogen and oxygen atoms in total. The molecule has 0 amide bonds. The molecule has 0 N–H and O–H groups in total. The van der Waals surface area contributed by atoms with E-state index in [-0.39, 0.29) is 77.6 Å². The van der Waals surface area contributed by atoms with Gasteiger partial charge in [0.1, 0.15) is 0 Å². The Hall–Kier alpha value is 0.576. The van der Waals surface area contributed by atoms with E-state index in [9.17, 15) is 9.59 Å². The molecule has 0 aromatic heterocycles. The Morgan fingerprint density at radius 1 is 0.600 bits per heavy atom. The topological polar surface area (TPSA) is 52.6 Å². The molecule has 0 aromatic carbocycles. The van der Waals surface area contributed by atoms with Crippen LogP contribution >= 0.6 is 0 Å². The predicted molar refractivity (Wildman–Crippen MR) is 99.0 cm³/mol. The van der Waals surface area contributed by atoms with Gasteiger partial charge in [0.2, 0.25) is 0 Å². The number of carbonyl (C=O) groups is 2. The molecule has 0 saturated carbocycles. The van der Waals surface area contributed by atoms with Crippen molar-refractivity contribution in [2.45, 2.75) is 104 Å². The first-order valence-electron chi connectivity index (χ1n) is 10.0. The molecule has 0 saturated heterocycles. The van der Waals surface area contributed by atoms with E-state index in [0.29, 0.717) is 13.2 Å². The van der Waals surface area contributed by atoms with Gasteiger partial charge >= 0.3 is 63.3 Å². The molecule has 0 heterocycles. The van der Waals surface area contributed by atoms with Crippen molar-refractivity contribution in [1.29, 1.82) is 0 Å². The molecule has 0 aliphatic carbocycles. The summed E-state index contributed by atoms with van der Waals surface area (Å²) < 4.78 is 10.3. The molecule has 25 heavy (non-hydrogen) atoms. The van der Waals surface area contributed by atoms with Gasteiger partial charge in [-0.3, -0.25) is 9.59 Å². The van der Waals surface area contributed by atoms with E-state index < -0.39 is 0 Å². The fourth-order valence-electron chi connectivity index (χ4n) is 2.49. The van der Waals surface area contributed by atoms with Gasteiger partial charge in [-0.05, 0) is 12.8 Å². The molecule has 0 bridgehead atoms. The van der Waals surface area contributed by atoms with Crippen LogP contribution in [0.15, 0.2) is 0 Å². The minimum Gasteiger partial charge on any atom is -1.00 e. The summed E-state index contributed by atoms with van der Waals surface area (Å²) in [4.78, 5) is 23.1. The third kappa shape index (κ3) is 22.5. The molecular weight excluding hydrogens is 343 g/mol. The number of unbranched alkanes of at least 4 members (excludes halogenated alkanes) is 10. The summed E-state index contributed by atoms with van der Waals surface area (Å²) in [5.41, 5.74) is 0. The maximum Gasteiger partial charge on any atom is 1.00 e. The number of ether oxygens (including phenoxy) is 2. The second-order valence-electron chi connectivity index (χ2n) is 6.48. The van der Waals surface area contributed by atoms with Gasteiger partial charge in [-0.15, -0.1) is 0 Å². The largest absolute Gasteiger partial charge is 1.00 e. The van der Waals surface area contributed by atoms with Crippen LogP contribution in [0, 0.1) is 0 Å². The smallest absolute Gasteiger partial charge is 1.00 e. The molecular formula is C20H39KO4. The first kappa shape index (κ1) is 27.8. The van der Waals surface area contributed by atoms with Crippen molar-refractivity contribution in [3.63, 3.8) is 0 Å². The van der Waals surface area contributed by atoms with Gasteiger partial charge in [-0.25, -0.2) is 0 Å².